The summed E-state index contributed by atoms with van der Waals surface area (Å²) in [7, 11) is 1.27. The van der Waals surface area contributed by atoms with E-state index in [-0.39, 0.29) is 34.5 Å². The van der Waals surface area contributed by atoms with E-state index in [0.29, 0.717) is 18.0 Å². The van der Waals surface area contributed by atoms with Gasteiger partial charge in [0, 0.05) is 25.2 Å². The molecule has 0 fully saturated rings. The van der Waals surface area contributed by atoms with Gasteiger partial charge in [0.25, 0.3) is 10.0 Å². The van der Waals surface area contributed by atoms with Crippen molar-refractivity contribution in [3.8, 4) is 23.0 Å². The predicted molar refractivity (Wildman–Crippen MR) is 173 cm³/mol. The third-order valence-corrected chi connectivity index (χ3v) is 9.06. The Bertz CT molecular complexity index is 1580. The minimum Gasteiger partial charge on any atom is -0.497 e. The van der Waals surface area contributed by atoms with Crippen LogP contribution in [0.5, 0.6) is 23.0 Å². The number of aryl methyl sites for hydroxylation is 1. The summed E-state index contributed by atoms with van der Waals surface area (Å²) in [5, 5.41) is 2.89. The molecule has 0 heterocycles. The van der Waals surface area contributed by atoms with Crippen LogP contribution in [-0.2, 0) is 26.2 Å². The first-order valence-electron chi connectivity index (χ1n) is 14.6. The smallest absolute Gasteiger partial charge is 0.265 e. The average Bonchev–Trinajstić information content (AvgIpc) is 3.04. The first kappa shape index (κ1) is 35.0. The lowest BCUT2D eigenvalue weighted by Crippen LogP contribution is -2.51. The summed E-state index contributed by atoms with van der Waals surface area (Å²) < 4.78 is 51.3. The second-order valence-electron chi connectivity index (χ2n) is 10.4. The van der Waals surface area contributed by atoms with E-state index in [2.05, 4.69) is 5.32 Å². The van der Waals surface area contributed by atoms with E-state index in [4.69, 9.17) is 18.9 Å². The molecule has 1 unspecified atom stereocenters. The number of rotatable bonds is 16. The van der Waals surface area contributed by atoms with Gasteiger partial charge in [0.2, 0.25) is 11.8 Å². The van der Waals surface area contributed by atoms with E-state index in [9.17, 15) is 18.0 Å². The lowest BCUT2D eigenvalue weighted by molar-refractivity contribution is -0.139. The largest absolute Gasteiger partial charge is 0.497 e. The quantitative estimate of drug-likeness (QED) is 0.226. The zero-order chi connectivity index (χ0) is 33.1. The molecule has 0 saturated carbocycles. The normalized spacial score (nSPS) is 11.7. The van der Waals surface area contributed by atoms with E-state index in [1.165, 1.54) is 57.6 Å². The SMILES string of the molecule is CCCCNC(=O)C(C)N(Cc1cccc(C)c1)C(=O)CN(c1cc(OC)ccc1OC)S(=O)(=O)c1ccc(OC)c(OC)c1. The van der Waals surface area contributed by atoms with Gasteiger partial charge in [-0.15, -0.1) is 0 Å². The Balaban J connectivity index is 2.15. The van der Waals surface area contributed by atoms with Crippen molar-refractivity contribution in [1.82, 2.24) is 10.2 Å². The van der Waals surface area contributed by atoms with Crippen LogP contribution in [0.25, 0.3) is 0 Å². The number of nitrogens with zero attached hydrogens (tertiary/aromatic N) is 2. The molecule has 244 valence electrons. The van der Waals surface area contributed by atoms with Crippen molar-refractivity contribution in [2.45, 2.75) is 51.1 Å². The van der Waals surface area contributed by atoms with Crippen LogP contribution in [0.4, 0.5) is 5.69 Å². The maximum atomic E-state index is 14.4. The monoisotopic (exact) mass is 641 g/mol. The van der Waals surface area contributed by atoms with Gasteiger partial charge in [0.15, 0.2) is 11.5 Å². The van der Waals surface area contributed by atoms with E-state index < -0.39 is 28.5 Å². The highest BCUT2D eigenvalue weighted by atomic mass is 32.2. The minimum atomic E-state index is -4.43. The fourth-order valence-electron chi connectivity index (χ4n) is 4.74. The maximum Gasteiger partial charge on any atom is 0.265 e. The second kappa shape index (κ2) is 16.0. The molecular formula is C33H43N3O8S. The van der Waals surface area contributed by atoms with E-state index in [1.807, 2.05) is 38.1 Å². The van der Waals surface area contributed by atoms with E-state index in [1.54, 1.807) is 19.1 Å². The molecule has 3 aromatic rings. The molecule has 3 aromatic carbocycles. The highest BCUT2D eigenvalue weighted by molar-refractivity contribution is 7.92. The van der Waals surface area contributed by atoms with E-state index in [0.717, 1.165) is 28.3 Å². The molecule has 0 spiro atoms. The van der Waals surface area contributed by atoms with E-state index >= 15 is 0 Å². The maximum absolute atomic E-state index is 14.4. The summed E-state index contributed by atoms with van der Waals surface area (Å²) in [6.45, 7) is 5.49. The second-order valence-corrected chi connectivity index (χ2v) is 12.3. The number of nitrogens with one attached hydrogen (secondary N) is 1. The third-order valence-electron chi connectivity index (χ3n) is 7.31. The summed E-state index contributed by atoms with van der Waals surface area (Å²) in [6, 6.07) is 15.5. The molecule has 2 amide bonds. The molecule has 0 aliphatic rings. The minimum absolute atomic E-state index is 0.0792. The van der Waals surface area contributed by atoms with Gasteiger partial charge in [-0.1, -0.05) is 43.2 Å². The Kier molecular flexibility index (Phi) is 12.5. The van der Waals surface area contributed by atoms with Gasteiger partial charge >= 0.3 is 0 Å². The van der Waals surface area contributed by atoms with Crippen molar-refractivity contribution in [2.75, 3.05) is 45.8 Å². The topological polar surface area (TPSA) is 124 Å². The Hall–Kier alpha value is -4.45. The Morgan fingerprint density at radius 3 is 2.18 bits per heavy atom. The number of unbranched alkanes of at least 4 members (excludes halogenated alkanes) is 1. The zero-order valence-corrected chi connectivity index (χ0v) is 27.8. The number of amides is 2. The number of carbonyl (C=O) groups is 2. The lowest BCUT2D eigenvalue weighted by Gasteiger charge is -2.32. The van der Waals surface area contributed by atoms with Crippen molar-refractivity contribution < 1.29 is 37.0 Å². The van der Waals surface area contributed by atoms with Crippen LogP contribution in [0.15, 0.2) is 65.6 Å². The Morgan fingerprint density at radius 2 is 1.56 bits per heavy atom. The molecule has 12 heteroatoms. The van der Waals surface area contributed by atoms with Crippen molar-refractivity contribution in [3.05, 3.63) is 71.8 Å². The van der Waals surface area contributed by atoms with Gasteiger partial charge in [-0.2, -0.15) is 0 Å². The van der Waals surface area contributed by atoms with Crippen molar-refractivity contribution in [2.24, 2.45) is 0 Å². The molecule has 45 heavy (non-hydrogen) atoms. The number of sulfonamides is 1. The molecule has 0 radical (unpaired) electrons. The van der Waals surface area contributed by atoms with Crippen LogP contribution in [0, 0.1) is 6.92 Å². The van der Waals surface area contributed by atoms with Gasteiger partial charge in [-0.25, -0.2) is 8.42 Å². The number of methoxy groups -OCH3 is 4. The molecule has 0 saturated heterocycles. The average molecular weight is 642 g/mol. The van der Waals surface area contributed by atoms with Crippen LogP contribution in [0.1, 0.15) is 37.8 Å². The molecule has 3 rings (SSSR count). The van der Waals surface area contributed by atoms with Gasteiger partial charge in [-0.05, 0) is 50.1 Å². The lowest BCUT2D eigenvalue weighted by atomic mass is 10.1. The van der Waals surface area contributed by atoms with Crippen LogP contribution in [0.2, 0.25) is 0 Å². The fourth-order valence-corrected chi connectivity index (χ4v) is 6.17. The number of hydrogen-bond donors (Lipinski definition) is 1. The summed E-state index contributed by atoms with van der Waals surface area (Å²) in [5.74, 6) is 0.154. The molecule has 1 N–H and O–H groups in total. The number of carbonyl (C=O) groups excluding carboxylic acids is 2. The number of hydrogen-bond acceptors (Lipinski definition) is 8. The molecule has 0 bridgehead atoms. The zero-order valence-electron chi connectivity index (χ0n) is 27.0. The van der Waals surface area contributed by atoms with Gasteiger partial charge in [-0.3, -0.25) is 13.9 Å². The summed E-state index contributed by atoms with van der Waals surface area (Å²) in [6.07, 6.45) is 1.68. The summed E-state index contributed by atoms with van der Waals surface area (Å²) >= 11 is 0. The van der Waals surface area contributed by atoms with Crippen LogP contribution in [0.3, 0.4) is 0 Å². The van der Waals surface area contributed by atoms with Crippen LogP contribution < -0.4 is 28.6 Å². The fraction of sp³-hybridized carbons (Fsp3) is 0.394. The first-order valence-corrected chi connectivity index (χ1v) is 16.0. The van der Waals surface area contributed by atoms with Crippen molar-refractivity contribution in [3.63, 3.8) is 0 Å². The highest BCUT2D eigenvalue weighted by Gasteiger charge is 2.34. The molecule has 11 nitrogen and oxygen atoms in total. The number of benzene rings is 3. The van der Waals surface area contributed by atoms with Crippen molar-refractivity contribution >= 4 is 27.5 Å². The highest BCUT2D eigenvalue weighted by Crippen LogP contribution is 2.37. The Labute approximate surface area is 266 Å². The summed E-state index contributed by atoms with van der Waals surface area (Å²) in [4.78, 5) is 28.7. The molecule has 0 aromatic heterocycles. The van der Waals surface area contributed by atoms with Crippen LogP contribution in [-0.4, -0.2) is 72.7 Å². The van der Waals surface area contributed by atoms with Gasteiger partial charge < -0.3 is 29.2 Å². The number of ether oxygens (including phenoxy) is 4. The van der Waals surface area contributed by atoms with Gasteiger partial charge in [0.05, 0.1) is 39.0 Å². The standard InChI is InChI=1S/C33H43N3O8S/c1-8-9-17-34-33(38)24(3)35(21-25-12-10-11-23(2)18-25)32(37)22-36(28-19-26(41-4)13-15-29(28)42-5)45(39,40)27-14-16-30(43-6)31(20-27)44-7/h10-16,18-20,24H,8-9,17,21-22H2,1-7H3,(H,34,38). The first-order chi connectivity index (χ1) is 21.5. The van der Waals surface area contributed by atoms with Crippen molar-refractivity contribution in [1.29, 1.82) is 0 Å². The summed E-state index contributed by atoms with van der Waals surface area (Å²) in [5.41, 5.74) is 1.86. The number of anilines is 1. The van der Waals surface area contributed by atoms with Crippen LogP contribution >= 0.6 is 0 Å². The third kappa shape index (κ3) is 8.59. The molecule has 0 aliphatic carbocycles. The molecular weight excluding hydrogens is 598 g/mol. The van der Waals surface area contributed by atoms with Gasteiger partial charge in [0.1, 0.15) is 24.1 Å². The Morgan fingerprint density at radius 1 is 0.867 bits per heavy atom. The molecule has 1 atom stereocenters. The molecule has 0 aliphatic heterocycles. The predicted octanol–water partition coefficient (Wildman–Crippen LogP) is 4.56.